The lowest BCUT2D eigenvalue weighted by molar-refractivity contribution is 0.238. The van der Waals surface area contributed by atoms with Crippen molar-refractivity contribution < 1.29 is 5.11 Å². The number of rotatable bonds is 2. The molecular formula is C12H14N2OS. The van der Waals surface area contributed by atoms with Gasteiger partial charge in [0.1, 0.15) is 5.82 Å². The van der Waals surface area contributed by atoms with Gasteiger partial charge in [-0.1, -0.05) is 12.1 Å². The third kappa shape index (κ3) is 1.58. The van der Waals surface area contributed by atoms with Crippen LogP contribution in [0.1, 0.15) is 6.42 Å². The fourth-order valence-electron chi connectivity index (χ4n) is 2.27. The van der Waals surface area contributed by atoms with E-state index in [4.69, 9.17) is 5.11 Å². The Bertz CT molecular complexity index is 496. The quantitative estimate of drug-likeness (QED) is 0.864. The normalized spacial score (nSPS) is 20.8. The summed E-state index contributed by atoms with van der Waals surface area (Å²) in [6.45, 7) is 2.24. The highest BCUT2D eigenvalue weighted by molar-refractivity contribution is 7.13. The van der Waals surface area contributed by atoms with Crippen LogP contribution in [0.2, 0.25) is 0 Å². The fraction of sp³-hybridized carbons (Fsp3) is 0.417. The van der Waals surface area contributed by atoms with Crippen molar-refractivity contribution in [3.05, 3.63) is 24.3 Å². The van der Waals surface area contributed by atoms with Crippen LogP contribution in [0.3, 0.4) is 0 Å². The summed E-state index contributed by atoms with van der Waals surface area (Å²) in [5.41, 5.74) is 0. The van der Waals surface area contributed by atoms with Gasteiger partial charge in [0.15, 0.2) is 0 Å². The second-order valence-corrected chi connectivity index (χ2v) is 5.09. The molecular weight excluding hydrogens is 220 g/mol. The fourth-order valence-corrected chi connectivity index (χ4v) is 3.07. The zero-order valence-corrected chi connectivity index (χ0v) is 9.78. The molecule has 0 unspecified atom stereocenters. The lowest BCUT2D eigenvalue weighted by Crippen LogP contribution is -2.20. The Kier molecular flexibility index (Phi) is 2.53. The van der Waals surface area contributed by atoms with Crippen LogP contribution in [0.25, 0.3) is 10.1 Å². The van der Waals surface area contributed by atoms with Crippen LogP contribution in [0.5, 0.6) is 0 Å². The molecule has 0 bridgehead atoms. The first-order chi connectivity index (χ1) is 7.88. The first kappa shape index (κ1) is 10.1. The molecule has 1 N–H and O–H groups in total. The largest absolute Gasteiger partial charge is 0.396 e. The Morgan fingerprint density at radius 1 is 1.44 bits per heavy atom. The van der Waals surface area contributed by atoms with Gasteiger partial charge < -0.3 is 10.0 Å². The second-order valence-electron chi connectivity index (χ2n) is 4.29. The lowest BCUT2D eigenvalue weighted by atomic mass is 10.1. The monoisotopic (exact) mass is 234 g/mol. The molecule has 2 aromatic rings. The molecule has 0 radical (unpaired) electrons. The van der Waals surface area contributed by atoms with Crippen LogP contribution >= 0.6 is 11.5 Å². The Morgan fingerprint density at radius 3 is 3.12 bits per heavy atom. The zero-order valence-electron chi connectivity index (χ0n) is 8.97. The van der Waals surface area contributed by atoms with Crippen LogP contribution in [0.15, 0.2) is 24.3 Å². The minimum atomic E-state index is 0.290. The maximum Gasteiger partial charge on any atom is 0.150 e. The summed E-state index contributed by atoms with van der Waals surface area (Å²) in [7, 11) is 0. The van der Waals surface area contributed by atoms with Gasteiger partial charge >= 0.3 is 0 Å². The van der Waals surface area contributed by atoms with Gasteiger partial charge in [-0.15, -0.1) is 0 Å². The van der Waals surface area contributed by atoms with E-state index in [-0.39, 0.29) is 0 Å². The standard InChI is InChI=1S/C12H14N2OS/c15-8-9-5-6-14(7-9)12-10-3-1-2-4-11(10)16-13-12/h1-4,9,15H,5-8H2/t9-/m0/s1. The molecule has 1 aliphatic heterocycles. The van der Waals surface area contributed by atoms with Gasteiger partial charge in [-0.3, -0.25) is 0 Å². The number of aliphatic hydroxyl groups is 1. The minimum absolute atomic E-state index is 0.290. The molecule has 1 aromatic heterocycles. The van der Waals surface area contributed by atoms with Crippen LogP contribution in [-0.4, -0.2) is 29.2 Å². The molecule has 0 saturated carbocycles. The second kappa shape index (κ2) is 4.03. The minimum Gasteiger partial charge on any atom is -0.396 e. The van der Waals surface area contributed by atoms with Crippen molar-refractivity contribution in [1.29, 1.82) is 0 Å². The van der Waals surface area contributed by atoms with E-state index in [1.165, 1.54) is 10.1 Å². The van der Waals surface area contributed by atoms with Gasteiger partial charge in [-0.2, -0.15) is 4.37 Å². The molecule has 1 fully saturated rings. The average Bonchev–Trinajstić information content (AvgIpc) is 2.94. The topological polar surface area (TPSA) is 36.4 Å². The van der Waals surface area contributed by atoms with Gasteiger partial charge in [0.25, 0.3) is 0 Å². The van der Waals surface area contributed by atoms with Crippen molar-refractivity contribution in [3.63, 3.8) is 0 Å². The molecule has 0 aliphatic carbocycles. The lowest BCUT2D eigenvalue weighted by Gasteiger charge is -2.15. The number of anilines is 1. The average molecular weight is 234 g/mol. The van der Waals surface area contributed by atoms with E-state index in [9.17, 15) is 0 Å². The molecule has 0 amide bonds. The summed E-state index contributed by atoms with van der Waals surface area (Å²) < 4.78 is 5.77. The summed E-state index contributed by atoms with van der Waals surface area (Å²) in [6, 6.07) is 8.33. The molecule has 1 aromatic carbocycles. The molecule has 1 atom stereocenters. The molecule has 84 valence electrons. The maximum absolute atomic E-state index is 9.15. The number of aliphatic hydroxyl groups excluding tert-OH is 1. The third-order valence-electron chi connectivity index (χ3n) is 3.20. The highest BCUT2D eigenvalue weighted by Crippen LogP contribution is 2.32. The molecule has 1 aliphatic rings. The van der Waals surface area contributed by atoms with Crippen LogP contribution in [0, 0.1) is 5.92 Å². The molecule has 4 heteroatoms. The molecule has 1 saturated heterocycles. The number of aromatic nitrogens is 1. The molecule has 3 rings (SSSR count). The van der Waals surface area contributed by atoms with Crippen molar-refractivity contribution in [2.45, 2.75) is 6.42 Å². The van der Waals surface area contributed by atoms with Gasteiger partial charge in [0.2, 0.25) is 0 Å². The predicted molar refractivity (Wildman–Crippen MR) is 67.0 cm³/mol. The summed E-state index contributed by atoms with van der Waals surface area (Å²) >= 11 is 1.56. The van der Waals surface area contributed by atoms with Gasteiger partial charge in [0.05, 0.1) is 4.70 Å². The Hall–Kier alpha value is -1.13. The van der Waals surface area contributed by atoms with E-state index in [1.54, 1.807) is 11.5 Å². The molecule has 16 heavy (non-hydrogen) atoms. The van der Waals surface area contributed by atoms with Crippen LogP contribution < -0.4 is 4.90 Å². The van der Waals surface area contributed by atoms with E-state index in [1.807, 2.05) is 6.07 Å². The predicted octanol–water partition coefficient (Wildman–Crippen LogP) is 2.11. The highest BCUT2D eigenvalue weighted by Gasteiger charge is 2.24. The molecule has 3 nitrogen and oxygen atoms in total. The third-order valence-corrected chi connectivity index (χ3v) is 4.02. The van der Waals surface area contributed by atoms with Crippen molar-refractivity contribution in [2.75, 3.05) is 24.6 Å². The van der Waals surface area contributed by atoms with E-state index in [0.717, 1.165) is 25.3 Å². The van der Waals surface area contributed by atoms with Crippen molar-refractivity contribution in [2.24, 2.45) is 5.92 Å². The summed E-state index contributed by atoms with van der Waals surface area (Å²) in [5, 5.41) is 10.4. The number of nitrogens with zero attached hydrogens (tertiary/aromatic N) is 2. The van der Waals surface area contributed by atoms with Crippen molar-refractivity contribution in [3.8, 4) is 0 Å². The van der Waals surface area contributed by atoms with Crippen molar-refractivity contribution in [1.82, 2.24) is 4.37 Å². The van der Waals surface area contributed by atoms with E-state index in [2.05, 4.69) is 27.5 Å². The van der Waals surface area contributed by atoms with Crippen LogP contribution in [0.4, 0.5) is 5.82 Å². The SMILES string of the molecule is OC[C@H]1CCN(c2nsc3ccccc23)C1. The Labute approximate surface area is 98.5 Å². The number of hydrogen-bond donors (Lipinski definition) is 1. The molecule has 0 spiro atoms. The Morgan fingerprint density at radius 2 is 2.31 bits per heavy atom. The first-order valence-electron chi connectivity index (χ1n) is 5.58. The number of fused-ring (bicyclic) bond motifs is 1. The van der Waals surface area contributed by atoms with Gasteiger partial charge in [0, 0.05) is 31.0 Å². The van der Waals surface area contributed by atoms with Crippen molar-refractivity contribution >= 4 is 27.4 Å². The maximum atomic E-state index is 9.15. The first-order valence-corrected chi connectivity index (χ1v) is 6.36. The Balaban J connectivity index is 1.95. The summed E-state index contributed by atoms with van der Waals surface area (Å²) in [4.78, 5) is 2.29. The summed E-state index contributed by atoms with van der Waals surface area (Å²) in [5.74, 6) is 1.51. The van der Waals surface area contributed by atoms with E-state index < -0.39 is 0 Å². The van der Waals surface area contributed by atoms with Gasteiger partial charge in [-0.05, 0) is 30.1 Å². The van der Waals surface area contributed by atoms with E-state index in [0.29, 0.717) is 12.5 Å². The highest BCUT2D eigenvalue weighted by atomic mass is 32.1. The van der Waals surface area contributed by atoms with Gasteiger partial charge in [-0.25, -0.2) is 0 Å². The number of benzene rings is 1. The van der Waals surface area contributed by atoms with Crippen LogP contribution in [-0.2, 0) is 0 Å². The smallest absolute Gasteiger partial charge is 0.150 e. The zero-order chi connectivity index (χ0) is 11.0. The van der Waals surface area contributed by atoms with E-state index >= 15 is 0 Å². The number of hydrogen-bond acceptors (Lipinski definition) is 4. The summed E-state index contributed by atoms with van der Waals surface area (Å²) in [6.07, 6.45) is 1.07. The molecule has 2 heterocycles.